The van der Waals surface area contributed by atoms with E-state index in [2.05, 4.69) is 0 Å². The number of hydrogen-bond acceptors (Lipinski definition) is 1. The fourth-order valence-electron chi connectivity index (χ4n) is 2.20. The molecule has 0 aliphatic carbocycles. The second-order valence-electron chi connectivity index (χ2n) is 6.66. The number of carbonyl (C=O) groups excluding carboxylic acids is 1. The van der Waals surface area contributed by atoms with Crippen molar-refractivity contribution in [3.05, 3.63) is 0 Å². The first kappa shape index (κ1) is 30.6. The maximum atomic E-state index is 13.6. The summed E-state index contributed by atoms with van der Waals surface area (Å²) in [6.07, 6.45) is -8.84. The number of halogens is 16. The molecule has 0 N–H and O–H groups in total. The minimum absolute atomic E-state index is 0.441. The Labute approximate surface area is 169 Å². The molecule has 0 bridgehead atoms. The third kappa shape index (κ3) is 4.23. The lowest BCUT2D eigenvalue weighted by Gasteiger charge is -2.43. The summed E-state index contributed by atoms with van der Waals surface area (Å²) < 4.78 is 215. The van der Waals surface area contributed by atoms with Crippen LogP contribution in [0.1, 0.15) is 39.0 Å². The Morgan fingerprint density at radius 1 is 0.500 bits per heavy atom. The van der Waals surface area contributed by atoms with E-state index in [0.717, 1.165) is 6.92 Å². The zero-order valence-electron chi connectivity index (χ0n) is 15.6. The molecule has 0 heterocycles. The molecule has 0 rings (SSSR count). The van der Waals surface area contributed by atoms with Crippen LogP contribution in [0, 0.1) is 0 Å². The number of aldehydes is 1. The normalized spacial score (nSPS) is 15.8. The molecule has 17 heteroatoms. The smallest absolute Gasteiger partial charge is 0.303 e. The second kappa shape index (κ2) is 8.72. The van der Waals surface area contributed by atoms with Crippen molar-refractivity contribution in [3.63, 3.8) is 0 Å². The van der Waals surface area contributed by atoms with E-state index in [1.807, 2.05) is 0 Å². The molecular weight excluding hydrogens is 500 g/mol. The monoisotopic (exact) mass is 514 g/mol. The van der Waals surface area contributed by atoms with Crippen LogP contribution < -0.4 is 0 Å². The van der Waals surface area contributed by atoms with Crippen LogP contribution in [-0.2, 0) is 4.79 Å². The molecule has 0 aliphatic heterocycles. The molecule has 0 saturated carbocycles. The van der Waals surface area contributed by atoms with E-state index in [1.165, 1.54) is 0 Å². The maximum Gasteiger partial charge on any atom is 0.384 e. The Morgan fingerprint density at radius 3 is 1.06 bits per heavy atom. The Bertz CT molecular complexity index is 654. The van der Waals surface area contributed by atoms with Gasteiger partial charge < -0.3 is 4.79 Å². The lowest BCUT2D eigenvalue weighted by molar-refractivity contribution is -0.453. The van der Waals surface area contributed by atoms with Gasteiger partial charge in [0, 0.05) is 19.3 Å². The summed E-state index contributed by atoms with van der Waals surface area (Å²) in [5.41, 5.74) is 0. The first-order chi connectivity index (χ1) is 13.9. The van der Waals surface area contributed by atoms with E-state index in [-0.39, 0.29) is 0 Å². The van der Waals surface area contributed by atoms with Gasteiger partial charge in [0.1, 0.15) is 6.29 Å². The molecule has 0 aliphatic rings. The van der Waals surface area contributed by atoms with Crippen molar-refractivity contribution < 1.29 is 75.0 Å². The molecule has 32 heavy (non-hydrogen) atoms. The van der Waals surface area contributed by atoms with Gasteiger partial charge in [-0.1, -0.05) is 13.3 Å². The van der Waals surface area contributed by atoms with E-state index >= 15 is 0 Å². The van der Waals surface area contributed by atoms with Crippen LogP contribution in [0.5, 0.6) is 0 Å². The van der Waals surface area contributed by atoms with E-state index in [0.29, 0.717) is 0 Å². The lowest BCUT2D eigenvalue weighted by Crippen LogP contribution is -2.74. The van der Waals surface area contributed by atoms with Crippen LogP contribution in [-0.4, -0.2) is 53.7 Å². The van der Waals surface area contributed by atoms with Crippen LogP contribution in [0.25, 0.3) is 0 Å². The van der Waals surface area contributed by atoms with Gasteiger partial charge in [0.15, 0.2) is 0 Å². The highest BCUT2D eigenvalue weighted by Gasteiger charge is 2.94. The Kier molecular flexibility index (Phi) is 8.33. The Balaban J connectivity index is 6.61. The summed E-state index contributed by atoms with van der Waals surface area (Å²) in [6, 6.07) is 0. The van der Waals surface area contributed by atoms with Crippen LogP contribution in [0.3, 0.4) is 0 Å². The van der Waals surface area contributed by atoms with Gasteiger partial charge in [0.25, 0.3) is 0 Å². The van der Waals surface area contributed by atoms with Crippen molar-refractivity contribution in [2.24, 2.45) is 0 Å². The van der Waals surface area contributed by atoms with Crippen molar-refractivity contribution in [1.82, 2.24) is 0 Å². The number of carbonyl (C=O) groups is 1. The molecule has 1 nitrogen and oxygen atoms in total. The van der Waals surface area contributed by atoms with Gasteiger partial charge in [-0.3, -0.25) is 0 Å². The fraction of sp³-hybridized carbons (Fsp3) is 0.933. The Hall–Kier alpha value is -1.45. The van der Waals surface area contributed by atoms with Crippen LogP contribution in [0.2, 0.25) is 0 Å². The van der Waals surface area contributed by atoms with Crippen molar-refractivity contribution in [3.8, 4) is 0 Å². The van der Waals surface area contributed by atoms with Crippen molar-refractivity contribution in [2.75, 3.05) is 0 Å². The topological polar surface area (TPSA) is 17.1 Å². The molecular formula is C15H14F16O. The molecule has 0 radical (unpaired) electrons. The zero-order valence-corrected chi connectivity index (χ0v) is 15.6. The largest absolute Gasteiger partial charge is 0.384 e. The summed E-state index contributed by atoms with van der Waals surface area (Å²) >= 11 is 0. The summed E-state index contributed by atoms with van der Waals surface area (Å²) in [6.45, 7) is 1.02. The first-order valence-corrected chi connectivity index (χ1v) is 8.33. The summed E-state index contributed by atoms with van der Waals surface area (Å²) in [5, 5.41) is 0. The van der Waals surface area contributed by atoms with Crippen LogP contribution in [0.4, 0.5) is 70.2 Å². The van der Waals surface area contributed by atoms with Gasteiger partial charge in [0.05, 0.1) is 0 Å². The molecule has 0 aromatic rings. The quantitative estimate of drug-likeness (QED) is 0.187. The third-order valence-corrected chi connectivity index (χ3v) is 4.31. The predicted molar refractivity (Wildman–Crippen MR) is 74.4 cm³/mol. The Morgan fingerprint density at radius 2 is 0.781 bits per heavy atom. The molecule has 192 valence electrons. The van der Waals surface area contributed by atoms with Crippen LogP contribution >= 0.6 is 0 Å². The van der Waals surface area contributed by atoms with E-state index in [9.17, 15) is 75.0 Å². The lowest BCUT2D eigenvalue weighted by atomic mass is 9.86. The van der Waals surface area contributed by atoms with E-state index in [1.54, 1.807) is 0 Å². The number of hydrogen-bond donors (Lipinski definition) is 0. The summed E-state index contributed by atoms with van der Waals surface area (Å²) in [7, 11) is 0. The molecule has 0 aromatic heterocycles. The highest BCUT2D eigenvalue weighted by molar-refractivity contribution is 5.49. The minimum Gasteiger partial charge on any atom is -0.303 e. The van der Waals surface area contributed by atoms with Gasteiger partial charge in [-0.15, -0.1) is 0 Å². The third-order valence-electron chi connectivity index (χ3n) is 4.31. The van der Waals surface area contributed by atoms with Crippen LogP contribution in [0.15, 0.2) is 0 Å². The summed E-state index contributed by atoms with van der Waals surface area (Å²) in [5.74, 6) is -60.9. The average molecular weight is 514 g/mol. The van der Waals surface area contributed by atoms with E-state index in [4.69, 9.17) is 0 Å². The molecule has 0 amide bonds. The molecule has 0 atom stereocenters. The number of unbranched alkanes of at least 4 members (excludes halogenated alkanes) is 1. The van der Waals surface area contributed by atoms with Crippen molar-refractivity contribution in [1.29, 1.82) is 0 Å². The molecule has 0 unspecified atom stereocenters. The predicted octanol–water partition coefficient (Wildman–Crippen LogP) is 7.24. The standard InChI is InChI=1S/C15H14F16O/c1-2-3-5-8(16,17)10(20,21)12(24,25)14(28,29)15(30,31)13(26,27)11(22,23)9(18,19)6-4-7-32/h7H,2-6H2,1H3. The summed E-state index contributed by atoms with van der Waals surface area (Å²) in [4.78, 5) is 9.91. The van der Waals surface area contributed by atoms with Crippen molar-refractivity contribution in [2.45, 2.75) is 86.4 Å². The van der Waals surface area contributed by atoms with Crippen molar-refractivity contribution >= 4 is 6.29 Å². The second-order valence-corrected chi connectivity index (χ2v) is 6.66. The minimum atomic E-state index is -8.41. The van der Waals surface area contributed by atoms with Gasteiger partial charge in [0.2, 0.25) is 0 Å². The highest BCUT2D eigenvalue weighted by atomic mass is 19.4. The zero-order chi connectivity index (χ0) is 26.2. The average Bonchev–Trinajstić information content (AvgIpc) is 2.63. The fourth-order valence-corrected chi connectivity index (χ4v) is 2.20. The molecule has 0 saturated heterocycles. The van der Waals surface area contributed by atoms with Gasteiger partial charge in [-0.25, -0.2) is 0 Å². The number of rotatable bonds is 13. The first-order valence-electron chi connectivity index (χ1n) is 8.33. The number of alkyl halides is 16. The van der Waals surface area contributed by atoms with Gasteiger partial charge in [-0.2, -0.15) is 70.2 Å². The maximum absolute atomic E-state index is 13.6. The highest BCUT2D eigenvalue weighted by Crippen LogP contribution is 2.64. The molecule has 0 aromatic carbocycles. The van der Waals surface area contributed by atoms with E-state index < -0.39 is 85.8 Å². The van der Waals surface area contributed by atoms with Gasteiger partial charge in [-0.05, 0) is 6.42 Å². The van der Waals surface area contributed by atoms with Gasteiger partial charge >= 0.3 is 47.4 Å². The SMILES string of the molecule is CCCCC(F)(F)C(F)(F)C(F)(F)C(F)(F)C(F)(F)C(F)(F)C(F)(F)C(F)(F)CCC=O. The molecule has 0 fully saturated rings. The molecule has 0 spiro atoms.